The van der Waals surface area contributed by atoms with Crippen LogP contribution < -0.4 is 24.8 Å². The van der Waals surface area contributed by atoms with Gasteiger partial charge in [-0.25, -0.2) is 4.39 Å². The molecule has 13 heteroatoms. The molecule has 1 atom stereocenters. The summed E-state index contributed by atoms with van der Waals surface area (Å²) in [6.07, 6.45) is -3.69. The summed E-state index contributed by atoms with van der Waals surface area (Å²) < 4.78 is 64.8. The monoisotopic (exact) mass is 560 g/mol. The number of carbonyl (C=O) groups excluding carboxylic acids is 2. The Hall–Kier alpha value is -3.25. The van der Waals surface area contributed by atoms with E-state index in [2.05, 4.69) is 15.4 Å². The molecule has 0 radical (unpaired) electrons. The van der Waals surface area contributed by atoms with E-state index in [1.165, 1.54) is 24.3 Å². The van der Waals surface area contributed by atoms with Crippen LogP contribution in [0.2, 0.25) is 5.02 Å². The third-order valence-corrected chi connectivity index (χ3v) is 7.11. The molecule has 2 amide bonds. The maximum atomic E-state index is 13.5. The molecule has 3 aliphatic carbocycles. The molecule has 0 aromatic heterocycles. The Morgan fingerprint density at radius 1 is 0.921 bits per heavy atom. The number of carbonyl (C=O) groups is 2. The zero-order chi connectivity index (χ0) is 27.6. The fourth-order valence-corrected chi connectivity index (χ4v) is 5.03. The lowest BCUT2D eigenvalue weighted by Crippen LogP contribution is -2.70. The van der Waals surface area contributed by atoms with E-state index >= 15 is 0 Å². The molecule has 0 aliphatic heterocycles. The summed E-state index contributed by atoms with van der Waals surface area (Å²) in [6, 6.07) is 8.47. The van der Waals surface area contributed by atoms with Crippen LogP contribution in [0.15, 0.2) is 42.5 Å². The molecule has 2 aromatic rings. The minimum Gasteiger partial charge on any atom is -0.484 e. The number of fused-ring (bicyclic) bond motifs is 3. The molecule has 0 unspecified atom stereocenters. The molecule has 38 heavy (non-hydrogen) atoms. The van der Waals surface area contributed by atoms with Crippen LogP contribution in [0.1, 0.15) is 32.1 Å². The minimum atomic E-state index is -4.81. The summed E-state index contributed by atoms with van der Waals surface area (Å²) in [4.78, 5) is 25.1. The molecule has 0 spiro atoms. The number of hydrogen-bond donors (Lipinski definition) is 3. The van der Waals surface area contributed by atoms with Crippen LogP contribution in [0.4, 0.5) is 17.6 Å². The first-order valence-electron chi connectivity index (χ1n) is 11.7. The Bertz CT molecular complexity index is 1170. The van der Waals surface area contributed by atoms with Gasteiger partial charge in [-0.15, -0.1) is 13.2 Å². The van der Waals surface area contributed by atoms with Gasteiger partial charge in [0.05, 0.1) is 16.7 Å². The standard InChI is InChI=1S/C25H25ClF4N2O6/c26-18-6-5-17(11-19(18)27)37-13-21(34)31-23-7-9-24(10-8-23,20(33)12-23)32-22(35)14-36-15-1-3-16(4-2-15)38-25(28,29)30/h1-6,11,20,33H,7-10,12-14H2,(H,31,34)(H,32,35)/t20-,23?,24?/m1/s1. The third-order valence-electron chi connectivity index (χ3n) is 6.80. The number of alkyl halides is 3. The van der Waals surface area contributed by atoms with Gasteiger partial charge < -0.3 is 30.0 Å². The second-order valence-corrected chi connectivity index (χ2v) is 9.83. The lowest BCUT2D eigenvalue weighted by Gasteiger charge is -2.56. The van der Waals surface area contributed by atoms with E-state index in [4.69, 9.17) is 21.1 Å². The molecule has 0 saturated heterocycles. The number of ether oxygens (including phenoxy) is 3. The van der Waals surface area contributed by atoms with Gasteiger partial charge in [0.1, 0.15) is 23.1 Å². The van der Waals surface area contributed by atoms with Crippen LogP contribution in [0.25, 0.3) is 0 Å². The molecule has 8 nitrogen and oxygen atoms in total. The van der Waals surface area contributed by atoms with E-state index in [1.54, 1.807) is 0 Å². The predicted octanol–water partition coefficient (Wildman–Crippen LogP) is 3.88. The topological polar surface area (TPSA) is 106 Å². The molecule has 5 rings (SSSR count). The van der Waals surface area contributed by atoms with Crippen molar-refractivity contribution in [1.29, 1.82) is 0 Å². The van der Waals surface area contributed by atoms with Crippen molar-refractivity contribution in [3.05, 3.63) is 53.3 Å². The van der Waals surface area contributed by atoms with Gasteiger partial charge in [0.2, 0.25) is 0 Å². The van der Waals surface area contributed by atoms with Crippen molar-refractivity contribution in [3.63, 3.8) is 0 Å². The summed E-state index contributed by atoms with van der Waals surface area (Å²) >= 11 is 5.64. The largest absolute Gasteiger partial charge is 0.573 e. The Morgan fingerprint density at radius 3 is 2.05 bits per heavy atom. The second kappa shape index (κ2) is 10.9. The molecule has 3 saturated carbocycles. The predicted molar refractivity (Wildman–Crippen MR) is 126 cm³/mol. The zero-order valence-electron chi connectivity index (χ0n) is 19.9. The van der Waals surface area contributed by atoms with Crippen molar-refractivity contribution < 1.29 is 46.5 Å². The molecule has 3 N–H and O–H groups in total. The van der Waals surface area contributed by atoms with E-state index in [9.17, 15) is 32.3 Å². The van der Waals surface area contributed by atoms with Gasteiger partial charge in [0.15, 0.2) is 13.2 Å². The molecule has 0 heterocycles. The summed E-state index contributed by atoms with van der Waals surface area (Å²) in [7, 11) is 0. The lowest BCUT2D eigenvalue weighted by molar-refractivity contribution is -0.274. The highest BCUT2D eigenvalue weighted by atomic mass is 35.5. The molecular formula is C25H25ClF4N2O6. The highest BCUT2D eigenvalue weighted by molar-refractivity contribution is 6.30. The van der Waals surface area contributed by atoms with Crippen molar-refractivity contribution in [3.8, 4) is 17.2 Å². The van der Waals surface area contributed by atoms with Crippen LogP contribution in [0, 0.1) is 5.82 Å². The SMILES string of the molecule is O=C(COc1ccc(Cl)c(F)c1)NC12CCC(NC(=O)COc3ccc(OC(F)(F)F)cc3)(CC1)[C@H](O)C2. The Kier molecular flexibility index (Phi) is 7.93. The zero-order valence-corrected chi connectivity index (χ0v) is 20.7. The normalized spacial score (nSPS) is 24.4. The van der Waals surface area contributed by atoms with E-state index in [0.717, 1.165) is 18.2 Å². The first-order valence-corrected chi connectivity index (χ1v) is 12.1. The summed E-state index contributed by atoms with van der Waals surface area (Å²) in [6.45, 7) is -0.750. The quantitative estimate of drug-likeness (QED) is 0.402. The number of rotatable bonds is 9. The van der Waals surface area contributed by atoms with Crippen molar-refractivity contribution in [2.24, 2.45) is 0 Å². The molecular weight excluding hydrogens is 536 g/mol. The van der Waals surface area contributed by atoms with Gasteiger partial charge in [-0.1, -0.05) is 11.6 Å². The summed E-state index contributed by atoms with van der Waals surface area (Å²) in [5, 5.41) is 16.6. The van der Waals surface area contributed by atoms with Crippen LogP contribution in [-0.2, 0) is 9.59 Å². The number of amides is 2. The number of hydrogen-bond acceptors (Lipinski definition) is 6. The average Bonchev–Trinajstić information content (AvgIpc) is 2.84. The van der Waals surface area contributed by atoms with Crippen LogP contribution in [0.5, 0.6) is 17.2 Å². The van der Waals surface area contributed by atoms with Crippen LogP contribution in [0.3, 0.4) is 0 Å². The van der Waals surface area contributed by atoms with E-state index in [1.807, 2.05) is 0 Å². The maximum absolute atomic E-state index is 13.5. The molecule has 206 valence electrons. The number of benzene rings is 2. The van der Waals surface area contributed by atoms with Crippen LogP contribution >= 0.6 is 11.6 Å². The molecule has 3 fully saturated rings. The molecule has 2 bridgehead atoms. The highest BCUT2D eigenvalue weighted by Crippen LogP contribution is 2.47. The van der Waals surface area contributed by atoms with Crippen molar-refractivity contribution in [2.75, 3.05) is 13.2 Å². The fourth-order valence-electron chi connectivity index (χ4n) is 4.91. The summed E-state index contributed by atoms with van der Waals surface area (Å²) in [5.41, 5.74) is -1.54. The number of aliphatic hydroxyl groups is 1. The smallest absolute Gasteiger partial charge is 0.484 e. The number of aliphatic hydroxyl groups excluding tert-OH is 1. The number of halogens is 5. The van der Waals surface area contributed by atoms with E-state index < -0.39 is 53.5 Å². The first-order chi connectivity index (χ1) is 17.9. The average molecular weight is 561 g/mol. The molecule has 2 aromatic carbocycles. The third kappa shape index (κ3) is 6.79. The summed E-state index contributed by atoms with van der Waals surface area (Å²) in [5.74, 6) is -1.68. The highest BCUT2D eigenvalue weighted by Gasteiger charge is 2.55. The van der Waals surface area contributed by atoms with E-state index in [-0.39, 0.29) is 29.5 Å². The van der Waals surface area contributed by atoms with Crippen molar-refractivity contribution >= 4 is 23.4 Å². The lowest BCUT2D eigenvalue weighted by atomic mass is 9.60. The first kappa shape index (κ1) is 27.8. The Balaban J connectivity index is 1.25. The van der Waals surface area contributed by atoms with Crippen molar-refractivity contribution in [1.82, 2.24) is 10.6 Å². The molecule has 3 aliphatic rings. The van der Waals surface area contributed by atoms with Gasteiger partial charge in [0.25, 0.3) is 11.8 Å². The second-order valence-electron chi connectivity index (χ2n) is 9.43. The number of nitrogens with one attached hydrogen (secondary N) is 2. The van der Waals surface area contributed by atoms with Gasteiger partial charge in [-0.05, 0) is 68.5 Å². The van der Waals surface area contributed by atoms with Gasteiger partial charge in [0, 0.05) is 11.6 Å². The van der Waals surface area contributed by atoms with Gasteiger partial charge in [-0.3, -0.25) is 9.59 Å². The minimum absolute atomic E-state index is 0.0603. The Morgan fingerprint density at radius 2 is 1.47 bits per heavy atom. The van der Waals surface area contributed by atoms with Crippen LogP contribution in [-0.4, -0.2) is 53.7 Å². The maximum Gasteiger partial charge on any atom is 0.573 e. The fraction of sp³-hybridized carbons (Fsp3) is 0.440. The van der Waals surface area contributed by atoms with Gasteiger partial charge >= 0.3 is 6.36 Å². The van der Waals surface area contributed by atoms with Crippen molar-refractivity contribution in [2.45, 2.75) is 55.6 Å². The van der Waals surface area contributed by atoms with Gasteiger partial charge in [-0.2, -0.15) is 0 Å². The Labute approximate surface area is 220 Å². The van der Waals surface area contributed by atoms with E-state index in [0.29, 0.717) is 25.7 Å².